The van der Waals surface area contributed by atoms with Crippen molar-refractivity contribution in [3.8, 4) is 17.2 Å². The molecule has 0 saturated heterocycles. The molecular weight excluding hydrogens is 401 g/mol. The van der Waals surface area contributed by atoms with E-state index in [1.807, 2.05) is 0 Å². The number of hydrogen-bond acceptors (Lipinski definition) is 5. The number of hydrogen-bond donors (Lipinski definition) is 2. The van der Waals surface area contributed by atoms with Crippen molar-refractivity contribution in [1.29, 1.82) is 0 Å². The first-order valence-corrected chi connectivity index (χ1v) is 9.53. The van der Waals surface area contributed by atoms with Crippen molar-refractivity contribution in [3.05, 3.63) is 88.6 Å². The molecule has 156 valence electrons. The third-order valence-corrected chi connectivity index (χ3v) is 4.64. The van der Waals surface area contributed by atoms with Gasteiger partial charge in [-0.05, 0) is 49.4 Å². The van der Waals surface area contributed by atoms with Gasteiger partial charge in [0, 0.05) is 6.20 Å². The predicted octanol–water partition coefficient (Wildman–Crippen LogP) is 3.88. The zero-order valence-electron chi connectivity index (χ0n) is 16.5. The van der Waals surface area contributed by atoms with Crippen molar-refractivity contribution >= 4 is 22.6 Å². The molecule has 2 aromatic heterocycles. The van der Waals surface area contributed by atoms with Gasteiger partial charge in [0.05, 0.1) is 23.4 Å². The van der Waals surface area contributed by atoms with E-state index in [2.05, 4.69) is 10.3 Å². The minimum atomic E-state index is -0.833. The maximum absolute atomic E-state index is 13.8. The molecule has 0 aliphatic heterocycles. The van der Waals surface area contributed by atoms with Crippen LogP contribution in [0.2, 0.25) is 0 Å². The van der Waals surface area contributed by atoms with Crippen molar-refractivity contribution in [2.24, 2.45) is 0 Å². The zero-order valence-corrected chi connectivity index (χ0v) is 16.5. The van der Waals surface area contributed by atoms with Gasteiger partial charge >= 0.3 is 0 Å². The zero-order chi connectivity index (χ0) is 22.0. The molecule has 0 aliphatic carbocycles. The van der Waals surface area contributed by atoms with Gasteiger partial charge in [-0.1, -0.05) is 18.2 Å². The molecule has 2 aromatic carbocycles. The van der Waals surface area contributed by atoms with E-state index < -0.39 is 28.6 Å². The number of pyridine rings is 2. The summed E-state index contributed by atoms with van der Waals surface area (Å²) >= 11 is 0. The summed E-state index contributed by atoms with van der Waals surface area (Å²) in [6.07, 6.45) is 1.44. The highest BCUT2D eigenvalue weighted by Gasteiger charge is 2.24. The quantitative estimate of drug-likeness (QED) is 0.512. The summed E-state index contributed by atoms with van der Waals surface area (Å²) in [5.41, 5.74) is -0.701. The summed E-state index contributed by atoms with van der Waals surface area (Å²) < 4.78 is 20.4. The third-order valence-electron chi connectivity index (χ3n) is 4.64. The van der Waals surface area contributed by atoms with Crippen LogP contribution in [0.3, 0.4) is 0 Å². The summed E-state index contributed by atoms with van der Waals surface area (Å²) in [6.45, 7) is 2.19. The Morgan fingerprint density at radius 2 is 1.97 bits per heavy atom. The summed E-state index contributed by atoms with van der Waals surface area (Å²) in [6, 6.07) is 15.2. The second-order valence-corrected chi connectivity index (χ2v) is 6.60. The molecule has 0 spiro atoms. The lowest BCUT2D eigenvalue weighted by atomic mass is 10.1. The Bertz CT molecular complexity index is 1350. The topological polar surface area (TPSA) is 93.4 Å². The van der Waals surface area contributed by atoms with E-state index >= 15 is 0 Å². The van der Waals surface area contributed by atoms with Crippen LogP contribution in [0.4, 0.5) is 10.1 Å². The van der Waals surface area contributed by atoms with Crippen LogP contribution in [0.1, 0.15) is 17.3 Å². The van der Waals surface area contributed by atoms with Crippen LogP contribution in [-0.4, -0.2) is 27.2 Å². The summed E-state index contributed by atoms with van der Waals surface area (Å²) in [5.74, 6) is -1.47. The van der Waals surface area contributed by atoms with Crippen LogP contribution in [-0.2, 0) is 0 Å². The first-order chi connectivity index (χ1) is 15.0. The van der Waals surface area contributed by atoms with Crippen LogP contribution in [0.5, 0.6) is 11.5 Å². The van der Waals surface area contributed by atoms with Crippen LogP contribution in [0.25, 0.3) is 16.7 Å². The van der Waals surface area contributed by atoms with Crippen molar-refractivity contribution < 1.29 is 19.0 Å². The molecular formula is C23H18FN3O4. The first-order valence-electron chi connectivity index (χ1n) is 9.53. The fraction of sp³-hybridized carbons (Fsp3) is 0.0870. The smallest absolute Gasteiger partial charge is 0.273 e. The number of anilines is 1. The van der Waals surface area contributed by atoms with Crippen LogP contribution < -0.4 is 15.6 Å². The number of benzene rings is 2. The molecule has 2 heterocycles. The van der Waals surface area contributed by atoms with Gasteiger partial charge in [0.2, 0.25) is 0 Å². The molecule has 4 aromatic rings. The van der Waals surface area contributed by atoms with Crippen molar-refractivity contribution in [2.45, 2.75) is 6.92 Å². The largest absolute Gasteiger partial charge is 0.506 e. The van der Waals surface area contributed by atoms with Gasteiger partial charge in [0.15, 0.2) is 5.65 Å². The van der Waals surface area contributed by atoms with E-state index in [9.17, 15) is 19.1 Å². The van der Waals surface area contributed by atoms with Crippen LogP contribution >= 0.6 is 0 Å². The van der Waals surface area contributed by atoms with Gasteiger partial charge in [0.1, 0.15) is 22.9 Å². The van der Waals surface area contributed by atoms with E-state index in [0.717, 1.165) is 10.6 Å². The number of nitrogens with zero attached hydrogens (tertiary/aromatic N) is 2. The van der Waals surface area contributed by atoms with Gasteiger partial charge in [-0.15, -0.1) is 0 Å². The van der Waals surface area contributed by atoms with Crippen LogP contribution in [0, 0.1) is 5.82 Å². The lowest BCUT2D eigenvalue weighted by Crippen LogP contribution is -2.29. The molecule has 0 atom stereocenters. The Kier molecular flexibility index (Phi) is 5.36. The summed E-state index contributed by atoms with van der Waals surface area (Å²) in [5, 5.41) is 13.5. The fourth-order valence-electron chi connectivity index (χ4n) is 3.30. The highest BCUT2D eigenvalue weighted by molar-refractivity contribution is 6.09. The van der Waals surface area contributed by atoms with E-state index in [0.29, 0.717) is 18.0 Å². The molecule has 0 bridgehead atoms. The summed E-state index contributed by atoms with van der Waals surface area (Å²) in [7, 11) is 0. The lowest BCUT2D eigenvalue weighted by Gasteiger charge is -2.15. The number of para-hydroxylation sites is 2. The SMILES string of the molecule is CCOc1ccccc1NC(=O)c1c(O)c2cccnc2n(-c2cccc(F)c2)c1=O. The van der Waals surface area contributed by atoms with Crippen LogP contribution in [0.15, 0.2) is 71.7 Å². The third kappa shape index (κ3) is 3.71. The molecule has 4 rings (SSSR count). The second kappa shape index (κ2) is 8.27. The molecule has 0 unspecified atom stereocenters. The maximum atomic E-state index is 13.8. The molecule has 7 nitrogen and oxygen atoms in total. The molecule has 0 saturated carbocycles. The number of amides is 1. The van der Waals surface area contributed by atoms with Gasteiger partial charge in [0.25, 0.3) is 11.5 Å². The minimum absolute atomic E-state index is 0.0990. The van der Waals surface area contributed by atoms with Crippen molar-refractivity contribution in [2.75, 3.05) is 11.9 Å². The second-order valence-electron chi connectivity index (χ2n) is 6.60. The summed E-state index contributed by atoms with van der Waals surface area (Å²) in [4.78, 5) is 30.5. The predicted molar refractivity (Wildman–Crippen MR) is 115 cm³/mol. The Labute approximate surface area is 176 Å². The molecule has 0 aliphatic rings. The minimum Gasteiger partial charge on any atom is -0.506 e. The van der Waals surface area contributed by atoms with E-state index in [-0.39, 0.29) is 16.7 Å². The van der Waals surface area contributed by atoms with E-state index in [1.165, 1.54) is 30.5 Å². The average molecular weight is 419 g/mol. The Hall–Kier alpha value is -4.20. The molecule has 31 heavy (non-hydrogen) atoms. The number of carbonyl (C=O) groups excluding carboxylic acids is 1. The van der Waals surface area contributed by atoms with E-state index in [4.69, 9.17) is 4.74 Å². The Balaban J connectivity index is 1.91. The number of aromatic hydroxyl groups is 1. The Morgan fingerprint density at radius 1 is 1.16 bits per heavy atom. The van der Waals surface area contributed by atoms with Crippen molar-refractivity contribution in [1.82, 2.24) is 9.55 Å². The Morgan fingerprint density at radius 3 is 2.74 bits per heavy atom. The maximum Gasteiger partial charge on any atom is 0.273 e. The number of ether oxygens (including phenoxy) is 1. The molecule has 0 radical (unpaired) electrons. The first kappa shape index (κ1) is 20.1. The monoisotopic (exact) mass is 419 g/mol. The van der Waals surface area contributed by atoms with Gasteiger partial charge < -0.3 is 15.2 Å². The average Bonchev–Trinajstić information content (AvgIpc) is 2.75. The van der Waals surface area contributed by atoms with Gasteiger partial charge in [-0.25, -0.2) is 9.37 Å². The number of nitrogens with one attached hydrogen (secondary N) is 1. The molecule has 2 N–H and O–H groups in total. The number of carbonyl (C=O) groups is 1. The molecule has 8 heteroatoms. The van der Waals surface area contributed by atoms with Gasteiger partial charge in [-0.3, -0.25) is 14.2 Å². The number of aromatic nitrogens is 2. The van der Waals surface area contributed by atoms with E-state index in [1.54, 1.807) is 37.3 Å². The highest BCUT2D eigenvalue weighted by Crippen LogP contribution is 2.29. The highest BCUT2D eigenvalue weighted by atomic mass is 19.1. The fourth-order valence-corrected chi connectivity index (χ4v) is 3.30. The lowest BCUT2D eigenvalue weighted by molar-refractivity contribution is 0.102. The normalized spacial score (nSPS) is 10.8. The molecule has 0 fully saturated rings. The van der Waals surface area contributed by atoms with Gasteiger partial charge in [-0.2, -0.15) is 0 Å². The van der Waals surface area contributed by atoms with Crippen molar-refractivity contribution in [3.63, 3.8) is 0 Å². The molecule has 1 amide bonds. The number of rotatable bonds is 5. The standard InChI is InChI=1S/C23H18FN3O4/c1-2-31-18-11-4-3-10-17(18)26-22(29)19-20(28)16-9-6-12-25-21(16)27(23(19)30)15-8-5-7-14(24)13-15/h3-13,28H,2H2,1H3,(H,26,29). The number of halogens is 1. The number of fused-ring (bicyclic) bond motifs is 1.